The number of nitrogens with two attached hydrogens (primary N) is 1. The third-order valence-corrected chi connectivity index (χ3v) is 3.70. The fraction of sp³-hybridized carbons (Fsp3) is 0.176. The third kappa shape index (κ3) is 3.27. The van der Waals surface area contributed by atoms with Gasteiger partial charge in [-0.15, -0.1) is 0 Å². The van der Waals surface area contributed by atoms with Gasteiger partial charge in [-0.1, -0.05) is 31.5 Å². The van der Waals surface area contributed by atoms with Crippen molar-refractivity contribution >= 4 is 29.2 Å². The molecule has 1 aromatic rings. The van der Waals surface area contributed by atoms with Crippen LogP contribution in [-0.4, -0.2) is 11.1 Å². The Morgan fingerprint density at radius 3 is 2.91 bits per heavy atom. The molecule has 23 heavy (non-hydrogen) atoms. The van der Waals surface area contributed by atoms with Gasteiger partial charge in [0.05, 0.1) is 45.5 Å². The fourth-order valence-corrected chi connectivity index (χ4v) is 2.48. The van der Waals surface area contributed by atoms with Crippen molar-refractivity contribution < 1.29 is 4.39 Å². The van der Waals surface area contributed by atoms with Gasteiger partial charge >= 0.3 is 0 Å². The lowest BCUT2D eigenvalue weighted by Crippen LogP contribution is -2.17. The van der Waals surface area contributed by atoms with Gasteiger partial charge in [-0.25, -0.2) is 4.39 Å². The number of benzene rings is 1. The van der Waals surface area contributed by atoms with E-state index in [0.29, 0.717) is 23.4 Å². The standard InChI is InChI=1S/C17H16ClFN4/c1-3-5-11(8-20)15-9-22-14(10-23(15)4-2)16-12(18)6-7-13(21)17(16)19/h4,6-7,9-10H,2-3,5,21H2,1H3/b15-11+. The molecule has 0 unspecified atom stereocenters. The number of nitrogens with zero attached hydrogens (tertiary/aromatic N) is 3. The van der Waals surface area contributed by atoms with Gasteiger partial charge in [0.1, 0.15) is 0 Å². The van der Waals surface area contributed by atoms with E-state index in [-0.39, 0.29) is 16.3 Å². The molecular weight excluding hydrogens is 315 g/mol. The van der Waals surface area contributed by atoms with Crippen LogP contribution in [0.4, 0.5) is 10.1 Å². The molecule has 6 heteroatoms. The van der Waals surface area contributed by atoms with Gasteiger partial charge in [0.25, 0.3) is 0 Å². The molecule has 0 atom stereocenters. The molecule has 0 aliphatic carbocycles. The summed E-state index contributed by atoms with van der Waals surface area (Å²) in [5.74, 6) is -0.619. The van der Waals surface area contributed by atoms with Gasteiger partial charge in [-0.05, 0) is 18.6 Å². The van der Waals surface area contributed by atoms with Crippen LogP contribution in [0.25, 0.3) is 5.70 Å². The zero-order valence-electron chi connectivity index (χ0n) is 12.7. The molecule has 0 bridgehead atoms. The molecule has 1 heterocycles. The van der Waals surface area contributed by atoms with E-state index in [1.165, 1.54) is 24.5 Å². The van der Waals surface area contributed by atoms with Gasteiger partial charge in [0, 0.05) is 12.4 Å². The number of nitrogen functional groups attached to an aromatic ring is 1. The summed E-state index contributed by atoms with van der Waals surface area (Å²) in [5, 5.41) is 9.49. The van der Waals surface area contributed by atoms with Gasteiger partial charge in [-0.2, -0.15) is 5.26 Å². The highest BCUT2D eigenvalue weighted by atomic mass is 35.5. The molecule has 4 nitrogen and oxygen atoms in total. The van der Waals surface area contributed by atoms with E-state index in [1.807, 2.05) is 6.92 Å². The molecule has 0 saturated carbocycles. The van der Waals surface area contributed by atoms with Crippen molar-refractivity contribution in [2.24, 2.45) is 4.99 Å². The SMILES string of the molecule is C=CN1C=C(c2c(Cl)ccc(N)c2F)N=C/C1=C(\C#N)CCC. The number of hydrogen-bond acceptors (Lipinski definition) is 4. The largest absolute Gasteiger partial charge is 0.396 e. The molecule has 0 amide bonds. The summed E-state index contributed by atoms with van der Waals surface area (Å²) in [6.45, 7) is 5.71. The number of aliphatic imine (C=N–C) groups is 1. The summed E-state index contributed by atoms with van der Waals surface area (Å²) >= 11 is 6.08. The summed E-state index contributed by atoms with van der Waals surface area (Å²) < 4.78 is 14.3. The van der Waals surface area contributed by atoms with Crippen molar-refractivity contribution in [2.45, 2.75) is 19.8 Å². The van der Waals surface area contributed by atoms with E-state index in [1.54, 1.807) is 11.1 Å². The van der Waals surface area contributed by atoms with E-state index < -0.39 is 5.82 Å². The Morgan fingerprint density at radius 2 is 2.30 bits per heavy atom. The second kappa shape index (κ2) is 7.12. The lowest BCUT2D eigenvalue weighted by Gasteiger charge is -2.23. The number of nitriles is 1. The van der Waals surface area contributed by atoms with E-state index in [9.17, 15) is 9.65 Å². The van der Waals surface area contributed by atoms with Crippen LogP contribution < -0.4 is 5.73 Å². The van der Waals surface area contributed by atoms with Crippen molar-refractivity contribution in [1.29, 1.82) is 5.26 Å². The van der Waals surface area contributed by atoms with Gasteiger partial charge in [0.15, 0.2) is 5.82 Å². The van der Waals surface area contributed by atoms with Crippen LogP contribution in [-0.2, 0) is 0 Å². The second-order valence-electron chi connectivity index (χ2n) is 4.91. The van der Waals surface area contributed by atoms with E-state index in [0.717, 1.165) is 6.42 Å². The van der Waals surface area contributed by atoms with Gasteiger partial charge < -0.3 is 10.6 Å². The van der Waals surface area contributed by atoms with Crippen LogP contribution in [0.1, 0.15) is 25.3 Å². The molecule has 2 N–H and O–H groups in total. The average molecular weight is 331 g/mol. The van der Waals surface area contributed by atoms with Crippen LogP contribution in [0, 0.1) is 17.1 Å². The van der Waals surface area contributed by atoms with Crippen molar-refractivity contribution in [1.82, 2.24) is 4.90 Å². The number of rotatable bonds is 4. The predicted molar refractivity (Wildman–Crippen MR) is 91.9 cm³/mol. The van der Waals surface area contributed by atoms with Gasteiger partial charge in [0.2, 0.25) is 0 Å². The molecule has 118 valence electrons. The fourth-order valence-electron chi connectivity index (χ4n) is 2.24. The van der Waals surface area contributed by atoms with Crippen LogP contribution in [0.15, 0.2) is 47.4 Å². The first kappa shape index (κ1) is 16.8. The van der Waals surface area contributed by atoms with Crippen molar-refractivity contribution in [3.63, 3.8) is 0 Å². The van der Waals surface area contributed by atoms with E-state index in [4.69, 9.17) is 17.3 Å². The van der Waals surface area contributed by atoms with Crippen LogP contribution >= 0.6 is 11.6 Å². The number of anilines is 1. The molecular formula is C17H16ClFN4. The first-order valence-electron chi connectivity index (χ1n) is 7.07. The van der Waals surface area contributed by atoms with Crippen molar-refractivity contribution in [2.75, 3.05) is 5.73 Å². The maximum atomic E-state index is 14.3. The highest BCUT2D eigenvalue weighted by Gasteiger charge is 2.20. The van der Waals surface area contributed by atoms with Gasteiger partial charge in [-0.3, -0.25) is 4.99 Å². The molecule has 0 fully saturated rings. The maximum Gasteiger partial charge on any atom is 0.157 e. The molecule has 1 aromatic carbocycles. The van der Waals surface area contributed by atoms with E-state index in [2.05, 4.69) is 17.6 Å². The first-order chi connectivity index (χ1) is 11.0. The van der Waals surface area contributed by atoms with Crippen LogP contribution in [0.2, 0.25) is 5.02 Å². The Balaban J connectivity index is 2.54. The minimum Gasteiger partial charge on any atom is -0.396 e. The number of halogens is 2. The summed E-state index contributed by atoms with van der Waals surface area (Å²) in [6, 6.07) is 5.10. The third-order valence-electron chi connectivity index (χ3n) is 3.38. The monoisotopic (exact) mass is 330 g/mol. The Labute approximate surface area is 139 Å². The minimum absolute atomic E-state index is 0.00399. The highest BCUT2D eigenvalue weighted by molar-refractivity contribution is 6.32. The Morgan fingerprint density at radius 1 is 1.57 bits per heavy atom. The maximum absolute atomic E-state index is 14.3. The summed E-state index contributed by atoms with van der Waals surface area (Å²) in [6.07, 6.45) is 6.09. The lowest BCUT2D eigenvalue weighted by molar-refractivity contribution is 0.623. The molecule has 1 aliphatic heterocycles. The highest BCUT2D eigenvalue weighted by Crippen LogP contribution is 2.33. The quantitative estimate of drug-likeness (QED) is 0.654. The minimum atomic E-state index is -0.619. The zero-order valence-corrected chi connectivity index (χ0v) is 13.4. The van der Waals surface area contributed by atoms with Crippen molar-refractivity contribution in [3.8, 4) is 6.07 Å². The molecule has 0 radical (unpaired) electrons. The summed E-state index contributed by atoms with van der Waals surface area (Å²) in [5.41, 5.74) is 7.25. The summed E-state index contributed by atoms with van der Waals surface area (Å²) in [4.78, 5) is 5.89. The topological polar surface area (TPSA) is 65.4 Å². The molecule has 1 aliphatic rings. The van der Waals surface area contributed by atoms with Crippen LogP contribution in [0.3, 0.4) is 0 Å². The second-order valence-corrected chi connectivity index (χ2v) is 5.32. The lowest BCUT2D eigenvalue weighted by atomic mass is 10.1. The predicted octanol–water partition coefficient (Wildman–Crippen LogP) is 4.47. The zero-order chi connectivity index (χ0) is 17.0. The smallest absolute Gasteiger partial charge is 0.157 e. The number of allylic oxidation sites excluding steroid dienone is 2. The summed E-state index contributed by atoms with van der Waals surface area (Å²) in [7, 11) is 0. The number of hydrogen-bond donors (Lipinski definition) is 1. The molecule has 0 spiro atoms. The molecule has 0 saturated heterocycles. The Bertz CT molecular complexity index is 772. The van der Waals surface area contributed by atoms with Crippen molar-refractivity contribution in [3.05, 3.63) is 58.8 Å². The Hall–Kier alpha value is -2.58. The molecule has 2 rings (SSSR count). The normalized spacial score (nSPS) is 15.9. The molecule has 0 aromatic heterocycles. The van der Waals surface area contributed by atoms with Crippen LogP contribution in [0.5, 0.6) is 0 Å². The average Bonchev–Trinajstić information content (AvgIpc) is 2.56. The first-order valence-corrected chi connectivity index (χ1v) is 7.45. The van der Waals surface area contributed by atoms with E-state index >= 15 is 0 Å². The Kier molecular flexibility index (Phi) is 5.20.